The highest BCUT2D eigenvalue weighted by Gasteiger charge is 2.19. The van der Waals surface area contributed by atoms with E-state index in [0.29, 0.717) is 16.8 Å². The molecule has 1 atom stereocenters. The molecule has 0 heterocycles. The lowest BCUT2D eigenvalue weighted by atomic mass is 9.97. The maximum atomic E-state index is 14.0. The SMILES string of the molecule is NNC(c1cc(Br)ccc1N)c1cc(Br)ccc1F. The molecule has 0 fully saturated rings. The van der Waals surface area contributed by atoms with E-state index in [-0.39, 0.29) is 5.82 Å². The topological polar surface area (TPSA) is 64.1 Å². The van der Waals surface area contributed by atoms with Gasteiger partial charge in [0, 0.05) is 20.2 Å². The van der Waals surface area contributed by atoms with Crippen LogP contribution in [0.1, 0.15) is 17.2 Å². The fourth-order valence-corrected chi connectivity index (χ4v) is 2.64. The molecule has 6 heteroatoms. The normalized spacial score (nSPS) is 12.4. The van der Waals surface area contributed by atoms with E-state index >= 15 is 0 Å². The summed E-state index contributed by atoms with van der Waals surface area (Å²) in [6.45, 7) is 0. The first kappa shape index (κ1) is 14.5. The van der Waals surface area contributed by atoms with Crippen molar-refractivity contribution in [1.29, 1.82) is 0 Å². The summed E-state index contributed by atoms with van der Waals surface area (Å²) in [4.78, 5) is 0. The van der Waals surface area contributed by atoms with E-state index in [1.807, 2.05) is 12.1 Å². The second kappa shape index (κ2) is 6.00. The van der Waals surface area contributed by atoms with Crippen LogP contribution in [0.25, 0.3) is 0 Å². The van der Waals surface area contributed by atoms with E-state index in [2.05, 4.69) is 37.3 Å². The minimum Gasteiger partial charge on any atom is -0.398 e. The maximum Gasteiger partial charge on any atom is 0.128 e. The van der Waals surface area contributed by atoms with Crippen LogP contribution in [-0.2, 0) is 0 Å². The van der Waals surface area contributed by atoms with Gasteiger partial charge in [-0.25, -0.2) is 9.82 Å². The summed E-state index contributed by atoms with van der Waals surface area (Å²) in [5.74, 6) is 5.23. The molecule has 2 aromatic rings. The average molecular weight is 389 g/mol. The van der Waals surface area contributed by atoms with Gasteiger partial charge in [0.25, 0.3) is 0 Å². The van der Waals surface area contributed by atoms with Crippen molar-refractivity contribution >= 4 is 37.5 Å². The molecular weight excluding hydrogens is 377 g/mol. The summed E-state index contributed by atoms with van der Waals surface area (Å²) >= 11 is 6.70. The van der Waals surface area contributed by atoms with E-state index in [0.717, 1.165) is 8.95 Å². The molecule has 0 aliphatic carbocycles. The number of benzene rings is 2. The van der Waals surface area contributed by atoms with Crippen molar-refractivity contribution in [3.8, 4) is 0 Å². The molecule has 0 aliphatic rings. The number of nitrogens with one attached hydrogen (secondary N) is 1. The summed E-state index contributed by atoms with van der Waals surface area (Å²) in [6, 6.07) is 9.58. The molecule has 0 aromatic heterocycles. The molecule has 2 rings (SSSR count). The molecule has 5 N–H and O–H groups in total. The number of anilines is 1. The quantitative estimate of drug-likeness (QED) is 0.428. The highest BCUT2D eigenvalue weighted by molar-refractivity contribution is 9.10. The van der Waals surface area contributed by atoms with Gasteiger partial charge in [-0.05, 0) is 42.0 Å². The zero-order valence-electron chi connectivity index (χ0n) is 9.83. The number of nitrogen functional groups attached to an aromatic ring is 1. The van der Waals surface area contributed by atoms with Gasteiger partial charge in [-0.2, -0.15) is 0 Å². The lowest BCUT2D eigenvalue weighted by molar-refractivity contribution is 0.560. The second-order valence-corrected chi connectivity index (χ2v) is 5.87. The Morgan fingerprint density at radius 2 is 1.58 bits per heavy atom. The smallest absolute Gasteiger partial charge is 0.128 e. The largest absolute Gasteiger partial charge is 0.398 e. The van der Waals surface area contributed by atoms with Gasteiger partial charge in [-0.15, -0.1) is 0 Å². The van der Waals surface area contributed by atoms with Gasteiger partial charge in [0.2, 0.25) is 0 Å². The van der Waals surface area contributed by atoms with Gasteiger partial charge in [-0.1, -0.05) is 31.9 Å². The maximum absolute atomic E-state index is 14.0. The third kappa shape index (κ3) is 3.14. The van der Waals surface area contributed by atoms with Crippen molar-refractivity contribution in [3.05, 3.63) is 62.3 Å². The van der Waals surface area contributed by atoms with Crippen LogP contribution in [0.5, 0.6) is 0 Å². The first-order valence-corrected chi connectivity index (χ1v) is 7.07. The molecule has 100 valence electrons. The zero-order valence-corrected chi connectivity index (χ0v) is 13.0. The Bertz CT molecular complexity index is 553. The van der Waals surface area contributed by atoms with E-state index < -0.39 is 6.04 Å². The van der Waals surface area contributed by atoms with Crippen LogP contribution in [-0.4, -0.2) is 0 Å². The van der Waals surface area contributed by atoms with Crippen molar-refractivity contribution < 1.29 is 4.39 Å². The molecule has 0 saturated heterocycles. The average Bonchev–Trinajstić information content (AvgIpc) is 2.38. The lowest BCUT2D eigenvalue weighted by Gasteiger charge is -2.20. The summed E-state index contributed by atoms with van der Waals surface area (Å²) in [5.41, 5.74) is 10.2. The minimum atomic E-state index is -0.519. The molecule has 3 nitrogen and oxygen atoms in total. The number of hydrogen-bond acceptors (Lipinski definition) is 3. The molecule has 0 amide bonds. The molecule has 0 spiro atoms. The molecule has 2 aromatic carbocycles. The minimum absolute atomic E-state index is 0.342. The fraction of sp³-hybridized carbons (Fsp3) is 0.0769. The van der Waals surface area contributed by atoms with Crippen LogP contribution in [0.3, 0.4) is 0 Å². The Morgan fingerprint density at radius 3 is 2.21 bits per heavy atom. The van der Waals surface area contributed by atoms with Crippen LogP contribution in [0.15, 0.2) is 45.3 Å². The number of halogens is 3. The Labute approximate surface area is 127 Å². The predicted octanol–water partition coefficient (Wildman–Crippen LogP) is 3.49. The highest BCUT2D eigenvalue weighted by Crippen LogP contribution is 2.31. The second-order valence-electron chi connectivity index (χ2n) is 4.04. The Kier molecular flexibility index (Phi) is 4.57. The van der Waals surface area contributed by atoms with E-state index in [1.165, 1.54) is 6.07 Å². The summed E-state index contributed by atoms with van der Waals surface area (Å²) in [5, 5.41) is 0. The summed E-state index contributed by atoms with van der Waals surface area (Å²) in [7, 11) is 0. The van der Waals surface area contributed by atoms with Crippen LogP contribution in [0, 0.1) is 5.82 Å². The molecule has 0 bridgehead atoms. The predicted molar refractivity (Wildman–Crippen MR) is 81.8 cm³/mol. The standard InChI is InChI=1S/C13H12Br2FN3/c14-7-1-3-11(16)9(5-7)13(19-18)10-6-8(15)2-4-12(10)17/h1-6,13,19H,17-18H2. The first-order valence-electron chi connectivity index (χ1n) is 5.49. The fourth-order valence-electron chi connectivity index (χ4n) is 1.88. The van der Waals surface area contributed by atoms with E-state index in [4.69, 9.17) is 11.6 Å². The van der Waals surface area contributed by atoms with Crippen molar-refractivity contribution in [3.63, 3.8) is 0 Å². The van der Waals surface area contributed by atoms with Gasteiger partial charge in [-0.3, -0.25) is 5.84 Å². The first-order chi connectivity index (χ1) is 9.02. The molecule has 0 aliphatic heterocycles. The number of rotatable bonds is 3. The van der Waals surface area contributed by atoms with Gasteiger partial charge in [0.15, 0.2) is 0 Å². The van der Waals surface area contributed by atoms with Gasteiger partial charge in [0.1, 0.15) is 5.82 Å². The summed E-state index contributed by atoms with van der Waals surface area (Å²) in [6.07, 6.45) is 0. The number of nitrogens with two attached hydrogens (primary N) is 2. The molecular formula is C13H12Br2FN3. The van der Waals surface area contributed by atoms with Crippen molar-refractivity contribution in [1.82, 2.24) is 5.43 Å². The lowest BCUT2D eigenvalue weighted by Crippen LogP contribution is -2.30. The van der Waals surface area contributed by atoms with Crippen molar-refractivity contribution in [2.75, 3.05) is 5.73 Å². The van der Waals surface area contributed by atoms with Crippen LogP contribution in [0.4, 0.5) is 10.1 Å². The monoisotopic (exact) mass is 387 g/mol. The van der Waals surface area contributed by atoms with E-state index in [1.54, 1.807) is 18.2 Å². The number of hydrogen-bond donors (Lipinski definition) is 3. The molecule has 0 saturated carbocycles. The van der Waals surface area contributed by atoms with Gasteiger partial charge in [0.05, 0.1) is 6.04 Å². The van der Waals surface area contributed by atoms with Gasteiger partial charge < -0.3 is 5.73 Å². The van der Waals surface area contributed by atoms with Crippen LogP contribution in [0.2, 0.25) is 0 Å². The van der Waals surface area contributed by atoms with Crippen molar-refractivity contribution in [2.24, 2.45) is 5.84 Å². The Balaban J connectivity index is 2.55. The third-order valence-electron chi connectivity index (χ3n) is 2.80. The van der Waals surface area contributed by atoms with Crippen molar-refractivity contribution in [2.45, 2.75) is 6.04 Å². The highest BCUT2D eigenvalue weighted by atomic mass is 79.9. The Morgan fingerprint density at radius 1 is 1.00 bits per heavy atom. The molecule has 0 radical (unpaired) electrons. The number of hydrazine groups is 1. The van der Waals surface area contributed by atoms with E-state index in [9.17, 15) is 4.39 Å². The summed E-state index contributed by atoms with van der Waals surface area (Å²) < 4.78 is 15.6. The van der Waals surface area contributed by atoms with Crippen LogP contribution >= 0.6 is 31.9 Å². The van der Waals surface area contributed by atoms with Crippen LogP contribution < -0.4 is 17.0 Å². The molecule has 1 unspecified atom stereocenters. The van der Waals surface area contributed by atoms with Gasteiger partial charge >= 0.3 is 0 Å². The molecule has 19 heavy (non-hydrogen) atoms. The third-order valence-corrected chi connectivity index (χ3v) is 3.78. The Hall–Kier alpha value is -0.950. The zero-order chi connectivity index (χ0) is 14.0.